The molecular formula is C13H13IN4O3. The normalized spacial score (nSPS) is 10.7. The second-order valence-electron chi connectivity index (χ2n) is 4.74. The fraction of sp³-hybridized carbons (Fsp3) is 0.231. The Labute approximate surface area is 134 Å². The van der Waals surface area contributed by atoms with E-state index in [1.54, 1.807) is 6.07 Å². The SMILES string of the molecule is CC(C)c1cc(NC(=O)c2ccc([N+](=O)[O-])cc2I)n[nH]1. The third-order valence-corrected chi connectivity index (χ3v) is 3.76. The van der Waals surface area contributed by atoms with Gasteiger partial charge in [-0.25, -0.2) is 0 Å². The molecule has 0 bridgehead atoms. The molecule has 7 nitrogen and oxygen atoms in total. The Balaban J connectivity index is 2.18. The van der Waals surface area contributed by atoms with Crippen LogP contribution < -0.4 is 5.32 Å². The highest BCUT2D eigenvalue weighted by atomic mass is 127. The number of H-pyrrole nitrogens is 1. The Kier molecular flexibility index (Phi) is 4.56. The summed E-state index contributed by atoms with van der Waals surface area (Å²) in [7, 11) is 0. The van der Waals surface area contributed by atoms with E-state index in [9.17, 15) is 14.9 Å². The Morgan fingerprint density at radius 1 is 1.43 bits per heavy atom. The van der Waals surface area contributed by atoms with Crippen LogP contribution in [0.25, 0.3) is 0 Å². The van der Waals surface area contributed by atoms with Gasteiger partial charge in [-0.15, -0.1) is 0 Å². The molecule has 0 aliphatic carbocycles. The number of nitro groups is 1. The lowest BCUT2D eigenvalue weighted by Gasteiger charge is -2.04. The first-order chi connectivity index (χ1) is 9.88. The maximum atomic E-state index is 12.2. The number of carbonyl (C=O) groups is 1. The summed E-state index contributed by atoms with van der Waals surface area (Å²) in [4.78, 5) is 22.3. The second-order valence-corrected chi connectivity index (χ2v) is 5.90. The average molecular weight is 400 g/mol. The number of nitrogens with one attached hydrogen (secondary N) is 2. The average Bonchev–Trinajstić information content (AvgIpc) is 2.87. The standard InChI is InChI=1S/C13H13IN4O3/c1-7(2)11-6-12(17-16-11)15-13(19)9-4-3-8(18(20)21)5-10(9)14/h3-7H,1-2H3,(H2,15,16,17,19). The summed E-state index contributed by atoms with van der Waals surface area (Å²) in [5, 5.41) is 20.2. The highest BCUT2D eigenvalue weighted by Crippen LogP contribution is 2.21. The zero-order valence-electron chi connectivity index (χ0n) is 11.4. The minimum atomic E-state index is -0.494. The van der Waals surface area contributed by atoms with Crippen molar-refractivity contribution in [3.05, 3.63) is 49.2 Å². The van der Waals surface area contributed by atoms with Crippen molar-refractivity contribution < 1.29 is 9.72 Å². The molecule has 0 aliphatic rings. The van der Waals surface area contributed by atoms with Crippen LogP contribution in [-0.2, 0) is 0 Å². The molecule has 21 heavy (non-hydrogen) atoms. The predicted molar refractivity (Wildman–Crippen MR) is 86.4 cm³/mol. The summed E-state index contributed by atoms with van der Waals surface area (Å²) < 4.78 is 0.513. The van der Waals surface area contributed by atoms with Crippen molar-refractivity contribution in [1.29, 1.82) is 0 Å². The van der Waals surface area contributed by atoms with Gasteiger partial charge in [-0.2, -0.15) is 5.10 Å². The van der Waals surface area contributed by atoms with Crippen LogP contribution in [0.5, 0.6) is 0 Å². The fourth-order valence-electron chi connectivity index (χ4n) is 1.68. The second kappa shape index (κ2) is 6.20. The van der Waals surface area contributed by atoms with Crippen molar-refractivity contribution >= 4 is 40.0 Å². The van der Waals surface area contributed by atoms with Gasteiger partial charge >= 0.3 is 0 Å². The molecule has 2 aromatic rings. The molecule has 0 fully saturated rings. The molecule has 0 unspecified atom stereocenters. The van der Waals surface area contributed by atoms with E-state index in [2.05, 4.69) is 15.5 Å². The molecule has 1 aromatic carbocycles. The zero-order chi connectivity index (χ0) is 15.6. The van der Waals surface area contributed by atoms with Crippen LogP contribution in [-0.4, -0.2) is 21.0 Å². The molecular weight excluding hydrogens is 387 g/mol. The number of nitro benzene ring substituents is 1. The first-order valence-corrected chi connectivity index (χ1v) is 7.27. The van der Waals surface area contributed by atoms with Gasteiger partial charge in [0.15, 0.2) is 5.82 Å². The van der Waals surface area contributed by atoms with E-state index in [0.717, 1.165) is 5.69 Å². The summed E-state index contributed by atoms with van der Waals surface area (Å²) in [6.45, 7) is 4.02. The number of amides is 1. The zero-order valence-corrected chi connectivity index (χ0v) is 13.5. The van der Waals surface area contributed by atoms with Crippen LogP contribution in [0.1, 0.15) is 35.8 Å². The predicted octanol–water partition coefficient (Wildman–Crippen LogP) is 3.30. The summed E-state index contributed by atoms with van der Waals surface area (Å²) in [6.07, 6.45) is 0. The molecule has 2 N–H and O–H groups in total. The number of carbonyl (C=O) groups excluding carboxylic acids is 1. The van der Waals surface area contributed by atoms with E-state index >= 15 is 0 Å². The van der Waals surface area contributed by atoms with Crippen molar-refractivity contribution in [3.63, 3.8) is 0 Å². The van der Waals surface area contributed by atoms with Crippen LogP contribution in [0.4, 0.5) is 11.5 Å². The molecule has 0 saturated heterocycles. The summed E-state index contributed by atoms with van der Waals surface area (Å²) >= 11 is 1.90. The number of anilines is 1. The number of rotatable bonds is 4. The molecule has 0 atom stereocenters. The highest BCUT2D eigenvalue weighted by molar-refractivity contribution is 14.1. The first kappa shape index (κ1) is 15.4. The van der Waals surface area contributed by atoms with Crippen molar-refractivity contribution in [2.75, 3.05) is 5.32 Å². The van der Waals surface area contributed by atoms with Crippen LogP contribution >= 0.6 is 22.6 Å². The Bertz CT molecular complexity index is 696. The smallest absolute Gasteiger partial charge is 0.270 e. The first-order valence-electron chi connectivity index (χ1n) is 6.19. The number of halogens is 1. The minimum absolute atomic E-state index is 0.0437. The highest BCUT2D eigenvalue weighted by Gasteiger charge is 2.16. The maximum absolute atomic E-state index is 12.2. The molecule has 0 spiro atoms. The van der Waals surface area contributed by atoms with Gasteiger partial charge in [0.25, 0.3) is 11.6 Å². The molecule has 1 aromatic heterocycles. The Hall–Kier alpha value is -1.97. The van der Waals surface area contributed by atoms with Crippen molar-refractivity contribution in [3.8, 4) is 0 Å². The topological polar surface area (TPSA) is 101 Å². The van der Waals surface area contributed by atoms with Gasteiger partial charge in [-0.1, -0.05) is 13.8 Å². The van der Waals surface area contributed by atoms with Gasteiger partial charge in [0.1, 0.15) is 0 Å². The summed E-state index contributed by atoms with van der Waals surface area (Å²) in [6, 6.07) is 5.87. The van der Waals surface area contributed by atoms with Crippen molar-refractivity contribution in [1.82, 2.24) is 10.2 Å². The molecule has 0 saturated carbocycles. The monoisotopic (exact) mass is 400 g/mol. The number of aromatic nitrogens is 2. The maximum Gasteiger partial charge on any atom is 0.270 e. The molecule has 1 heterocycles. The van der Waals surface area contributed by atoms with Crippen LogP contribution in [0.15, 0.2) is 24.3 Å². The van der Waals surface area contributed by atoms with Gasteiger partial charge in [0.2, 0.25) is 0 Å². The van der Waals surface area contributed by atoms with Crippen LogP contribution in [0, 0.1) is 13.7 Å². The van der Waals surface area contributed by atoms with Gasteiger partial charge in [-0.3, -0.25) is 20.0 Å². The number of hydrogen-bond donors (Lipinski definition) is 2. The van der Waals surface area contributed by atoms with Crippen LogP contribution in [0.2, 0.25) is 0 Å². The van der Waals surface area contributed by atoms with E-state index in [-0.39, 0.29) is 17.5 Å². The molecule has 8 heteroatoms. The van der Waals surface area contributed by atoms with Crippen LogP contribution in [0.3, 0.4) is 0 Å². The largest absolute Gasteiger partial charge is 0.305 e. The Morgan fingerprint density at radius 3 is 2.67 bits per heavy atom. The number of non-ortho nitro benzene ring substituents is 1. The molecule has 0 aliphatic heterocycles. The van der Waals surface area contributed by atoms with E-state index in [1.165, 1.54) is 18.2 Å². The lowest BCUT2D eigenvalue weighted by molar-refractivity contribution is -0.384. The third kappa shape index (κ3) is 3.57. The van der Waals surface area contributed by atoms with E-state index in [0.29, 0.717) is 15.0 Å². The fourth-order valence-corrected chi connectivity index (χ4v) is 2.43. The number of aromatic amines is 1. The number of hydrogen-bond acceptors (Lipinski definition) is 4. The lowest BCUT2D eigenvalue weighted by atomic mass is 10.1. The van der Waals surface area contributed by atoms with Gasteiger partial charge in [-0.05, 0) is 34.6 Å². The molecule has 0 radical (unpaired) electrons. The summed E-state index contributed by atoms with van der Waals surface area (Å²) in [5.41, 5.74) is 1.25. The van der Waals surface area contributed by atoms with E-state index in [1.807, 2.05) is 36.4 Å². The molecule has 2 rings (SSSR count). The molecule has 110 valence electrons. The molecule has 1 amide bonds. The van der Waals surface area contributed by atoms with Gasteiger partial charge in [0.05, 0.1) is 10.5 Å². The number of benzene rings is 1. The van der Waals surface area contributed by atoms with Gasteiger partial charge in [0, 0.05) is 27.5 Å². The van der Waals surface area contributed by atoms with E-state index < -0.39 is 4.92 Å². The van der Waals surface area contributed by atoms with Gasteiger partial charge < -0.3 is 5.32 Å². The number of nitrogens with zero attached hydrogens (tertiary/aromatic N) is 2. The van der Waals surface area contributed by atoms with Crippen molar-refractivity contribution in [2.45, 2.75) is 19.8 Å². The quantitative estimate of drug-likeness (QED) is 0.467. The minimum Gasteiger partial charge on any atom is -0.305 e. The lowest BCUT2D eigenvalue weighted by Crippen LogP contribution is -2.13. The van der Waals surface area contributed by atoms with E-state index in [4.69, 9.17) is 0 Å². The Morgan fingerprint density at radius 2 is 2.14 bits per heavy atom. The van der Waals surface area contributed by atoms with Crippen molar-refractivity contribution in [2.24, 2.45) is 0 Å². The third-order valence-electron chi connectivity index (χ3n) is 2.87. The summed E-state index contributed by atoms with van der Waals surface area (Å²) in [5.74, 6) is 0.358.